The molecule has 28 heavy (non-hydrogen) atoms. The second kappa shape index (κ2) is 8.63. The molecule has 0 bridgehead atoms. The Labute approximate surface area is 171 Å². The summed E-state index contributed by atoms with van der Waals surface area (Å²) in [5.41, 5.74) is 1.85. The van der Waals surface area contributed by atoms with E-state index in [-0.39, 0.29) is 17.3 Å². The first kappa shape index (κ1) is 20.2. The topological polar surface area (TPSA) is 56.1 Å². The molecule has 0 saturated carbocycles. The lowest BCUT2D eigenvalue weighted by Gasteiger charge is -2.17. The van der Waals surface area contributed by atoms with Crippen LogP contribution in [0.15, 0.2) is 47.4 Å². The molecule has 3 rings (SSSR count). The predicted octanol–water partition coefficient (Wildman–Crippen LogP) is 5.05. The summed E-state index contributed by atoms with van der Waals surface area (Å²) in [7, 11) is 1.39. The van der Waals surface area contributed by atoms with E-state index in [0.717, 1.165) is 17.7 Å². The lowest BCUT2D eigenvalue weighted by Crippen LogP contribution is -2.19. The Morgan fingerprint density at radius 2 is 1.96 bits per heavy atom. The quantitative estimate of drug-likeness (QED) is 0.604. The van der Waals surface area contributed by atoms with E-state index < -0.39 is 11.4 Å². The largest absolute Gasteiger partial charge is 0.490 e. The summed E-state index contributed by atoms with van der Waals surface area (Å²) in [6.45, 7) is 2.23. The van der Waals surface area contributed by atoms with Gasteiger partial charge in [-0.3, -0.25) is 4.79 Å². The summed E-state index contributed by atoms with van der Waals surface area (Å²) >= 11 is 12.0. The van der Waals surface area contributed by atoms with E-state index in [0.29, 0.717) is 16.5 Å². The summed E-state index contributed by atoms with van der Waals surface area (Å²) in [5, 5.41) is 4.08. The van der Waals surface area contributed by atoms with E-state index in [2.05, 4.69) is 10.3 Å². The van der Waals surface area contributed by atoms with Crippen LogP contribution < -0.4 is 15.6 Å². The zero-order valence-corrected chi connectivity index (χ0v) is 16.8. The fourth-order valence-corrected chi connectivity index (χ4v) is 3.27. The van der Waals surface area contributed by atoms with Crippen molar-refractivity contribution in [2.45, 2.75) is 19.9 Å². The van der Waals surface area contributed by atoms with Crippen molar-refractivity contribution in [1.29, 1.82) is 0 Å². The summed E-state index contributed by atoms with van der Waals surface area (Å²) in [6, 6.07) is 9.68. The maximum Gasteiger partial charge on any atom is 0.316 e. The van der Waals surface area contributed by atoms with Crippen LogP contribution in [-0.4, -0.2) is 16.7 Å². The minimum atomic E-state index is -0.509. The molecule has 146 valence electrons. The summed E-state index contributed by atoms with van der Waals surface area (Å²) < 4.78 is 20.5. The van der Waals surface area contributed by atoms with E-state index in [1.165, 1.54) is 25.4 Å². The van der Waals surface area contributed by atoms with Gasteiger partial charge in [0.1, 0.15) is 5.82 Å². The number of nitrogens with zero attached hydrogens (tertiary/aromatic N) is 2. The highest BCUT2D eigenvalue weighted by molar-refractivity contribution is 6.31. The van der Waals surface area contributed by atoms with Crippen LogP contribution in [0, 0.1) is 5.82 Å². The highest BCUT2D eigenvalue weighted by Crippen LogP contribution is 2.25. The van der Waals surface area contributed by atoms with Crippen molar-refractivity contribution >= 4 is 34.8 Å². The maximum absolute atomic E-state index is 13.7. The average Bonchev–Trinajstić information content (AvgIpc) is 2.64. The molecule has 0 aliphatic rings. The van der Waals surface area contributed by atoms with Crippen molar-refractivity contribution in [2.75, 3.05) is 12.4 Å². The van der Waals surface area contributed by atoms with Crippen molar-refractivity contribution in [3.05, 3.63) is 79.9 Å². The molecule has 1 heterocycles. The van der Waals surface area contributed by atoms with Gasteiger partial charge in [-0.25, -0.2) is 4.39 Å². The van der Waals surface area contributed by atoms with Crippen LogP contribution in [0.5, 0.6) is 5.75 Å². The number of ether oxygens (including phenoxy) is 1. The van der Waals surface area contributed by atoms with Gasteiger partial charge >= 0.3 is 5.56 Å². The Balaban J connectivity index is 2.05. The summed E-state index contributed by atoms with van der Waals surface area (Å²) in [6.07, 6.45) is 2.26. The monoisotopic (exact) mass is 421 g/mol. The van der Waals surface area contributed by atoms with Gasteiger partial charge in [-0.1, -0.05) is 30.1 Å². The van der Waals surface area contributed by atoms with Crippen LogP contribution in [-0.2, 0) is 13.0 Å². The van der Waals surface area contributed by atoms with Gasteiger partial charge in [0.05, 0.1) is 19.9 Å². The van der Waals surface area contributed by atoms with Crippen LogP contribution in [0.1, 0.15) is 18.1 Å². The van der Waals surface area contributed by atoms with Gasteiger partial charge in [-0.2, -0.15) is 4.98 Å². The second-order valence-corrected chi connectivity index (χ2v) is 7.00. The van der Waals surface area contributed by atoms with Crippen molar-refractivity contribution in [3.8, 4) is 5.75 Å². The minimum absolute atomic E-state index is 0.0832. The molecule has 0 unspecified atom stereocenters. The molecule has 1 aromatic heterocycles. The number of nitrogens with one attached hydrogen (secondary N) is 1. The van der Waals surface area contributed by atoms with E-state index in [9.17, 15) is 9.18 Å². The van der Waals surface area contributed by atoms with E-state index in [4.69, 9.17) is 27.9 Å². The number of anilines is 2. The Bertz CT molecular complexity index is 1050. The molecule has 8 heteroatoms. The number of aryl methyl sites for hydroxylation is 1. The number of aromatic nitrogens is 2. The average molecular weight is 422 g/mol. The van der Waals surface area contributed by atoms with Gasteiger partial charge in [-0.15, -0.1) is 0 Å². The van der Waals surface area contributed by atoms with Crippen LogP contribution in [0.4, 0.5) is 16.0 Å². The molecule has 3 aromatic rings. The highest BCUT2D eigenvalue weighted by atomic mass is 35.5. The van der Waals surface area contributed by atoms with E-state index >= 15 is 0 Å². The fourth-order valence-electron chi connectivity index (χ4n) is 2.83. The lowest BCUT2D eigenvalue weighted by molar-refractivity contribution is 0.402. The van der Waals surface area contributed by atoms with Gasteiger partial charge in [0.2, 0.25) is 11.7 Å². The lowest BCUT2D eigenvalue weighted by atomic mass is 10.1. The molecule has 0 aliphatic carbocycles. The molecule has 0 amide bonds. The first-order chi connectivity index (χ1) is 13.4. The Morgan fingerprint density at radius 3 is 2.64 bits per heavy atom. The van der Waals surface area contributed by atoms with Gasteiger partial charge in [0.25, 0.3) is 0 Å². The highest BCUT2D eigenvalue weighted by Gasteiger charge is 2.12. The van der Waals surface area contributed by atoms with Crippen LogP contribution in [0.25, 0.3) is 0 Å². The zero-order valence-electron chi connectivity index (χ0n) is 15.3. The van der Waals surface area contributed by atoms with Crippen molar-refractivity contribution < 1.29 is 9.13 Å². The molecule has 0 radical (unpaired) electrons. The second-order valence-electron chi connectivity index (χ2n) is 6.12. The van der Waals surface area contributed by atoms with E-state index in [1.807, 2.05) is 19.1 Å². The number of rotatable bonds is 6. The first-order valence-corrected chi connectivity index (χ1v) is 9.31. The fraction of sp³-hybridized carbons (Fsp3) is 0.200. The van der Waals surface area contributed by atoms with Crippen LogP contribution in [0.3, 0.4) is 0 Å². The van der Waals surface area contributed by atoms with Crippen molar-refractivity contribution in [1.82, 2.24) is 9.55 Å². The standard InChI is InChI=1S/C20H18Cl2FN3O2/c1-3-13-8-14(21)4-5-17(13)24-20-25-19(27)18(28-2)11-26(20)10-12-6-15(22)9-16(23)7-12/h4-9,11H,3,10H2,1-2H3,(H,24,25,27). The SMILES string of the molecule is CCc1cc(Cl)ccc1Nc1nc(=O)c(OC)cn1Cc1cc(F)cc(Cl)c1. The smallest absolute Gasteiger partial charge is 0.316 e. The molecule has 0 aliphatic heterocycles. The third-order valence-corrected chi connectivity index (χ3v) is 4.61. The molecule has 0 saturated heterocycles. The number of hydrogen-bond acceptors (Lipinski definition) is 4. The molecule has 1 N–H and O–H groups in total. The summed E-state index contributed by atoms with van der Waals surface area (Å²) in [4.78, 5) is 16.3. The minimum Gasteiger partial charge on any atom is -0.490 e. The van der Waals surface area contributed by atoms with Crippen LogP contribution >= 0.6 is 23.2 Å². The maximum atomic E-state index is 13.7. The van der Waals surface area contributed by atoms with Crippen molar-refractivity contribution in [3.63, 3.8) is 0 Å². The molecule has 0 fully saturated rings. The van der Waals surface area contributed by atoms with E-state index in [1.54, 1.807) is 16.7 Å². The third kappa shape index (κ3) is 4.64. The number of benzene rings is 2. The van der Waals surface area contributed by atoms with Gasteiger partial charge in [0.15, 0.2) is 0 Å². The number of methoxy groups -OCH3 is 1. The molecule has 0 spiro atoms. The molecular formula is C20H18Cl2FN3O2. The normalized spacial score (nSPS) is 10.8. The molecule has 2 aromatic carbocycles. The third-order valence-electron chi connectivity index (χ3n) is 4.15. The summed E-state index contributed by atoms with van der Waals surface area (Å²) in [5.74, 6) is -0.0629. The first-order valence-electron chi connectivity index (χ1n) is 8.55. The number of hydrogen-bond donors (Lipinski definition) is 1. The molecule has 0 atom stereocenters. The van der Waals surface area contributed by atoms with Crippen molar-refractivity contribution in [2.24, 2.45) is 0 Å². The Morgan fingerprint density at radius 1 is 1.18 bits per heavy atom. The molecule has 5 nitrogen and oxygen atoms in total. The van der Waals surface area contributed by atoms with Crippen LogP contribution in [0.2, 0.25) is 10.0 Å². The van der Waals surface area contributed by atoms with Gasteiger partial charge in [-0.05, 0) is 53.9 Å². The Hall–Kier alpha value is -2.57. The number of halogens is 3. The Kier molecular flexibility index (Phi) is 6.21. The van der Waals surface area contributed by atoms with Gasteiger partial charge in [0, 0.05) is 15.7 Å². The van der Waals surface area contributed by atoms with Gasteiger partial charge < -0.3 is 14.6 Å². The zero-order chi connectivity index (χ0) is 20.3. The molecular weight excluding hydrogens is 404 g/mol. The predicted molar refractivity (Wildman–Crippen MR) is 110 cm³/mol.